The number of aromatic nitrogens is 2. The molecule has 0 aliphatic heterocycles. The molecule has 0 fully saturated rings. The summed E-state index contributed by atoms with van der Waals surface area (Å²) >= 11 is 1.56. The molecule has 23 heavy (non-hydrogen) atoms. The van der Waals surface area contributed by atoms with Crippen LogP contribution >= 0.6 is 11.8 Å². The molecular weight excluding hydrogens is 308 g/mol. The van der Waals surface area contributed by atoms with Gasteiger partial charge >= 0.3 is 0 Å². The molecule has 0 unspecified atom stereocenters. The average Bonchev–Trinajstić information content (AvgIpc) is 2.57. The summed E-state index contributed by atoms with van der Waals surface area (Å²) in [6.07, 6.45) is 0. The maximum atomic E-state index is 12.9. The lowest BCUT2D eigenvalue weighted by atomic mass is 10.2. The molecule has 0 radical (unpaired) electrons. The Bertz CT molecular complexity index is 872. The summed E-state index contributed by atoms with van der Waals surface area (Å²) in [5.74, 6) is 1.64. The van der Waals surface area contributed by atoms with E-state index in [9.17, 15) is 4.79 Å². The number of nitrogens with zero attached hydrogens (tertiary/aromatic N) is 2. The molecule has 3 rings (SSSR count). The molecule has 0 N–H and O–H groups in total. The Labute approximate surface area is 139 Å². The van der Waals surface area contributed by atoms with Crippen LogP contribution in [0.3, 0.4) is 0 Å². The van der Waals surface area contributed by atoms with E-state index in [-0.39, 0.29) is 5.56 Å². The zero-order valence-corrected chi connectivity index (χ0v) is 14.0. The maximum absolute atomic E-state index is 12.9. The summed E-state index contributed by atoms with van der Waals surface area (Å²) in [5.41, 5.74) is 1.49. The highest BCUT2D eigenvalue weighted by Crippen LogP contribution is 2.22. The molecule has 1 aromatic heterocycles. The predicted molar refractivity (Wildman–Crippen MR) is 94.9 cm³/mol. The minimum atomic E-state index is -0.0456. The fraction of sp³-hybridized carbons (Fsp3) is 0.222. The SMILES string of the molecule is CCOc1ccc(-n2c(SCC)nc3ccccc3c2=O)cc1. The van der Waals surface area contributed by atoms with Crippen LogP contribution < -0.4 is 10.3 Å². The highest BCUT2D eigenvalue weighted by Gasteiger charge is 2.12. The molecule has 0 aliphatic rings. The van der Waals surface area contributed by atoms with Crippen LogP contribution in [0.2, 0.25) is 0 Å². The third-order valence-electron chi connectivity index (χ3n) is 3.42. The van der Waals surface area contributed by atoms with Crippen LogP contribution in [-0.4, -0.2) is 21.9 Å². The molecule has 0 amide bonds. The van der Waals surface area contributed by atoms with Crippen molar-refractivity contribution in [2.24, 2.45) is 0 Å². The fourth-order valence-electron chi connectivity index (χ4n) is 2.42. The zero-order chi connectivity index (χ0) is 16.2. The number of thioether (sulfide) groups is 1. The van der Waals surface area contributed by atoms with Crippen molar-refractivity contribution in [1.29, 1.82) is 0 Å². The Morgan fingerprint density at radius 1 is 1.09 bits per heavy atom. The number of hydrogen-bond donors (Lipinski definition) is 0. The van der Waals surface area contributed by atoms with Crippen molar-refractivity contribution in [2.75, 3.05) is 12.4 Å². The molecular formula is C18H18N2O2S. The summed E-state index contributed by atoms with van der Waals surface area (Å²) in [6.45, 7) is 4.62. The van der Waals surface area contributed by atoms with E-state index in [0.717, 1.165) is 22.7 Å². The second-order valence-corrected chi connectivity index (χ2v) is 6.14. The fourth-order valence-corrected chi connectivity index (χ4v) is 3.16. The first-order valence-corrected chi connectivity index (χ1v) is 8.61. The number of ether oxygens (including phenoxy) is 1. The van der Waals surface area contributed by atoms with E-state index < -0.39 is 0 Å². The molecule has 0 spiro atoms. The topological polar surface area (TPSA) is 44.1 Å². The first-order chi connectivity index (χ1) is 11.2. The van der Waals surface area contributed by atoms with Crippen molar-refractivity contribution in [3.05, 3.63) is 58.9 Å². The largest absolute Gasteiger partial charge is 0.494 e. The molecule has 0 saturated heterocycles. The van der Waals surface area contributed by atoms with Crippen LogP contribution in [0.25, 0.3) is 16.6 Å². The van der Waals surface area contributed by atoms with Crippen LogP contribution in [0.1, 0.15) is 13.8 Å². The van der Waals surface area contributed by atoms with Gasteiger partial charge < -0.3 is 4.74 Å². The van der Waals surface area contributed by atoms with Crippen molar-refractivity contribution in [1.82, 2.24) is 9.55 Å². The van der Waals surface area contributed by atoms with Gasteiger partial charge in [0.2, 0.25) is 0 Å². The molecule has 1 heterocycles. The number of benzene rings is 2. The normalized spacial score (nSPS) is 10.9. The van der Waals surface area contributed by atoms with E-state index in [1.807, 2.05) is 55.5 Å². The lowest BCUT2D eigenvalue weighted by Crippen LogP contribution is -2.21. The minimum Gasteiger partial charge on any atom is -0.494 e. The third kappa shape index (κ3) is 3.10. The lowest BCUT2D eigenvalue weighted by Gasteiger charge is -2.13. The Hall–Kier alpha value is -2.27. The minimum absolute atomic E-state index is 0.0456. The number of rotatable bonds is 5. The van der Waals surface area contributed by atoms with E-state index in [4.69, 9.17) is 4.74 Å². The van der Waals surface area contributed by atoms with Crippen LogP contribution in [0, 0.1) is 0 Å². The van der Waals surface area contributed by atoms with E-state index in [0.29, 0.717) is 17.1 Å². The molecule has 4 nitrogen and oxygen atoms in total. The monoisotopic (exact) mass is 326 g/mol. The molecule has 3 aromatic rings. The molecule has 0 saturated carbocycles. The third-order valence-corrected chi connectivity index (χ3v) is 4.25. The molecule has 0 atom stereocenters. The first kappa shape index (κ1) is 15.6. The molecule has 2 aromatic carbocycles. The van der Waals surface area contributed by atoms with Gasteiger partial charge in [-0.1, -0.05) is 30.8 Å². The Kier molecular flexibility index (Phi) is 4.67. The van der Waals surface area contributed by atoms with Gasteiger partial charge in [0.05, 0.1) is 23.2 Å². The van der Waals surface area contributed by atoms with E-state index in [1.54, 1.807) is 16.3 Å². The first-order valence-electron chi connectivity index (χ1n) is 7.62. The van der Waals surface area contributed by atoms with Gasteiger partial charge in [0.15, 0.2) is 5.16 Å². The van der Waals surface area contributed by atoms with Gasteiger partial charge in [-0.2, -0.15) is 0 Å². The van der Waals surface area contributed by atoms with Gasteiger partial charge in [-0.15, -0.1) is 0 Å². The summed E-state index contributed by atoms with van der Waals surface area (Å²) < 4.78 is 7.14. The second-order valence-electron chi connectivity index (χ2n) is 4.91. The number of hydrogen-bond acceptors (Lipinski definition) is 4. The van der Waals surface area contributed by atoms with Crippen molar-refractivity contribution in [3.8, 4) is 11.4 Å². The Balaban J connectivity index is 2.19. The summed E-state index contributed by atoms with van der Waals surface area (Å²) in [7, 11) is 0. The van der Waals surface area contributed by atoms with Gasteiger partial charge in [-0.25, -0.2) is 4.98 Å². The van der Waals surface area contributed by atoms with Gasteiger partial charge in [-0.05, 0) is 49.1 Å². The number of para-hydroxylation sites is 1. The quantitative estimate of drug-likeness (QED) is 0.527. The summed E-state index contributed by atoms with van der Waals surface area (Å²) in [5, 5.41) is 1.34. The molecule has 118 valence electrons. The molecule has 0 bridgehead atoms. The van der Waals surface area contributed by atoms with E-state index in [2.05, 4.69) is 11.9 Å². The Morgan fingerprint density at radius 3 is 2.52 bits per heavy atom. The highest BCUT2D eigenvalue weighted by molar-refractivity contribution is 7.99. The lowest BCUT2D eigenvalue weighted by molar-refractivity contribution is 0.340. The van der Waals surface area contributed by atoms with E-state index in [1.165, 1.54) is 0 Å². The standard InChI is InChI=1S/C18H18N2O2S/c1-3-22-14-11-9-13(10-12-14)20-17(21)15-7-5-6-8-16(15)19-18(20)23-4-2/h5-12H,3-4H2,1-2H3. The summed E-state index contributed by atoms with van der Waals surface area (Å²) in [4.78, 5) is 17.6. The van der Waals surface area contributed by atoms with Gasteiger partial charge in [-0.3, -0.25) is 9.36 Å². The maximum Gasteiger partial charge on any atom is 0.266 e. The van der Waals surface area contributed by atoms with Crippen LogP contribution in [0.5, 0.6) is 5.75 Å². The van der Waals surface area contributed by atoms with Crippen molar-refractivity contribution >= 4 is 22.7 Å². The average molecular weight is 326 g/mol. The smallest absolute Gasteiger partial charge is 0.266 e. The zero-order valence-electron chi connectivity index (χ0n) is 13.2. The highest BCUT2D eigenvalue weighted by atomic mass is 32.2. The van der Waals surface area contributed by atoms with Crippen LogP contribution in [-0.2, 0) is 0 Å². The van der Waals surface area contributed by atoms with Crippen molar-refractivity contribution in [3.63, 3.8) is 0 Å². The number of fused-ring (bicyclic) bond motifs is 1. The van der Waals surface area contributed by atoms with Crippen molar-refractivity contribution < 1.29 is 4.74 Å². The van der Waals surface area contributed by atoms with Gasteiger partial charge in [0.25, 0.3) is 5.56 Å². The second kappa shape index (κ2) is 6.87. The Morgan fingerprint density at radius 2 is 1.83 bits per heavy atom. The van der Waals surface area contributed by atoms with Gasteiger partial charge in [0, 0.05) is 0 Å². The van der Waals surface area contributed by atoms with Gasteiger partial charge in [0.1, 0.15) is 5.75 Å². The molecule has 5 heteroatoms. The van der Waals surface area contributed by atoms with Crippen LogP contribution in [0.15, 0.2) is 58.5 Å². The predicted octanol–water partition coefficient (Wildman–Crippen LogP) is 3.90. The van der Waals surface area contributed by atoms with E-state index >= 15 is 0 Å². The molecule has 0 aliphatic carbocycles. The van der Waals surface area contributed by atoms with Crippen LogP contribution in [0.4, 0.5) is 0 Å². The summed E-state index contributed by atoms with van der Waals surface area (Å²) in [6, 6.07) is 15.0. The van der Waals surface area contributed by atoms with Crippen molar-refractivity contribution in [2.45, 2.75) is 19.0 Å².